The van der Waals surface area contributed by atoms with E-state index in [-0.39, 0.29) is 40.6 Å². The second-order valence-corrected chi connectivity index (χ2v) is 11.8. The monoisotopic (exact) mass is 606 g/mol. The lowest BCUT2D eigenvalue weighted by Crippen LogP contribution is -2.55. The van der Waals surface area contributed by atoms with Gasteiger partial charge in [0.15, 0.2) is 11.6 Å². The molecule has 1 aromatic heterocycles. The van der Waals surface area contributed by atoms with Crippen LogP contribution in [0.1, 0.15) is 39.5 Å². The topological polar surface area (TPSA) is 73.8 Å². The number of halogens is 4. The number of carbonyl (C=O) groups excluding carboxylic acids is 1. The molecule has 3 aromatic rings. The van der Waals surface area contributed by atoms with Gasteiger partial charge in [0, 0.05) is 41.6 Å². The molecule has 220 valence electrons. The molecule has 1 N–H and O–H groups in total. The molecule has 2 fully saturated rings. The molecule has 12 heteroatoms. The van der Waals surface area contributed by atoms with E-state index in [0.717, 1.165) is 44.4 Å². The van der Waals surface area contributed by atoms with Gasteiger partial charge < -0.3 is 19.9 Å². The van der Waals surface area contributed by atoms with Crippen LogP contribution >= 0.6 is 23.2 Å². The van der Waals surface area contributed by atoms with E-state index in [2.05, 4.69) is 33.9 Å². The Morgan fingerprint density at radius 2 is 1.76 bits per heavy atom. The number of aromatic nitrogens is 2. The number of likely N-dealkylation sites (N-methyl/N-ethyl adjacent to an activating group) is 1. The zero-order valence-electron chi connectivity index (χ0n) is 23.6. The number of benzene rings is 2. The Morgan fingerprint density at radius 1 is 1.07 bits per heavy atom. The van der Waals surface area contributed by atoms with Crippen LogP contribution in [0.3, 0.4) is 0 Å². The van der Waals surface area contributed by atoms with Gasteiger partial charge in [-0.15, -0.1) is 0 Å². The number of fused-ring (bicyclic) bond motifs is 1. The van der Waals surface area contributed by atoms with E-state index in [4.69, 9.17) is 32.9 Å². The first-order valence-corrected chi connectivity index (χ1v) is 14.6. The second-order valence-electron chi connectivity index (χ2n) is 10.9. The minimum absolute atomic E-state index is 0.0528. The summed E-state index contributed by atoms with van der Waals surface area (Å²) in [6.07, 6.45) is 3.41. The number of piperidine rings is 1. The predicted molar refractivity (Wildman–Crippen MR) is 159 cm³/mol. The van der Waals surface area contributed by atoms with Crippen LogP contribution in [0, 0.1) is 11.6 Å². The van der Waals surface area contributed by atoms with Crippen LogP contribution in [0.5, 0.6) is 5.75 Å². The number of rotatable bonds is 7. The summed E-state index contributed by atoms with van der Waals surface area (Å²) >= 11 is 12.2. The van der Waals surface area contributed by atoms with Gasteiger partial charge in [0.2, 0.25) is 11.9 Å². The van der Waals surface area contributed by atoms with Crippen molar-refractivity contribution < 1.29 is 18.3 Å². The summed E-state index contributed by atoms with van der Waals surface area (Å²) in [6, 6.07) is 5.46. The lowest BCUT2D eigenvalue weighted by atomic mass is 10.00. The molecule has 0 aliphatic carbocycles. The van der Waals surface area contributed by atoms with Gasteiger partial charge in [0.05, 0.1) is 23.7 Å². The number of nitrogens with one attached hydrogen (secondary N) is 1. The minimum Gasteiger partial charge on any atom is -0.495 e. The highest BCUT2D eigenvalue weighted by Crippen LogP contribution is 2.36. The predicted octanol–water partition coefficient (Wildman–Crippen LogP) is 6.27. The highest BCUT2D eigenvalue weighted by atomic mass is 35.5. The third-order valence-electron chi connectivity index (χ3n) is 7.96. The summed E-state index contributed by atoms with van der Waals surface area (Å²) in [4.78, 5) is 29.2. The zero-order valence-corrected chi connectivity index (χ0v) is 25.1. The van der Waals surface area contributed by atoms with Gasteiger partial charge >= 0.3 is 0 Å². The molecule has 0 bridgehead atoms. The standard InChI is InChI=1S/C29H34Cl2F2N6O2/c1-16(2)39(28(40)24-6-5-9-37(24)3)18-7-10-38(11-8-18)29-34-23-15-25(41-4)20(31)14-19(23)27(36-29)35-26-21(32)12-17(30)13-22(26)33/h12-16,18,24H,5-11H2,1-4H3,(H,34,35,36). The summed E-state index contributed by atoms with van der Waals surface area (Å²) < 4.78 is 34.8. The van der Waals surface area contributed by atoms with Gasteiger partial charge in [0.25, 0.3) is 0 Å². The van der Waals surface area contributed by atoms with Crippen molar-refractivity contribution in [3.8, 4) is 5.75 Å². The van der Waals surface area contributed by atoms with Crippen LogP contribution in [-0.2, 0) is 4.79 Å². The average Bonchev–Trinajstić information content (AvgIpc) is 3.36. The molecule has 2 aliphatic rings. The van der Waals surface area contributed by atoms with E-state index in [9.17, 15) is 13.6 Å². The molecule has 1 amide bonds. The fourth-order valence-corrected chi connectivity index (χ4v) is 6.32. The van der Waals surface area contributed by atoms with E-state index in [1.807, 2.05) is 11.9 Å². The first kappa shape index (κ1) is 29.5. The van der Waals surface area contributed by atoms with Crippen molar-refractivity contribution >= 4 is 57.5 Å². The van der Waals surface area contributed by atoms with Crippen molar-refractivity contribution in [2.75, 3.05) is 44.0 Å². The van der Waals surface area contributed by atoms with E-state index in [1.165, 1.54) is 7.11 Å². The Kier molecular flexibility index (Phi) is 8.73. The quantitative estimate of drug-likeness (QED) is 0.340. The van der Waals surface area contributed by atoms with E-state index >= 15 is 0 Å². The molecule has 0 spiro atoms. The summed E-state index contributed by atoms with van der Waals surface area (Å²) in [7, 11) is 3.52. The third-order valence-corrected chi connectivity index (χ3v) is 8.48. The van der Waals surface area contributed by atoms with Crippen LogP contribution in [-0.4, -0.2) is 77.6 Å². The van der Waals surface area contributed by atoms with Crippen LogP contribution < -0.4 is 15.0 Å². The largest absolute Gasteiger partial charge is 0.495 e. The number of ether oxygens (including phenoxy) is 1. The summed E-state index contributed by atoms with van der Waals surface area (Å²) in [5, 5.41) is 3.53. The smallest absolute Gasteiger partial charge is 0.240 e. The molecule has 2 saturated heterocycles. The van der Waals surface area contributed by atoms with Crippen molar-refractivity contribution in [3.05, 3.63) is 45.9 Å². The average molecular weight is 608 g/mol. The van der Waals surface area contributed by atoms with E-state index in [0.29, 0.717) is 40.7 Å². The fraction of sp³-hybridized carbons (Fsp3) is 0.483. The van der Waals surface area contributed by atoms with Crippen LogP contribution in [0.2, 0.25) is 10.0 Å². The number of amides is 1. The molecular formula is C29H34Cl2F2N6O2. The Balaban J connectivity index is 1.44. The van der Waals surface area contributed by atoms with Gasteiger partial charge in [0.1, 0.15) is 17.3 Å². The van der Waals surface area contributed by atoms with Crippen LogP contribution in [0.25, 0.3) is 10.9 Å². The molecule has 8 nitrogen and oxygen atoms in total. The third kappa shape index (κ3) is 6.01. The van der Waals surface area contributed by atoms with Gasteiger partial charge in [-0.1, -0.05) is 23.2 Å². The molecule has 2 aliphatic heterocycles. The number of likely N-dealkylation sites (tertiary alicyclic amines) is 1. The molecule has 0 saturated carbocycles. The highest BCUT2D eigenvalue weighted by molar-refractivity contribution is 6.33. The Hall–Kier alpha value is -2.95. The molecule has 1 unspecified atom stereocenters. The normalized spacial score (nSPS) is 18.4. The number of hydrogen-bond donors (Lipinski definition) is 1. The number of nitrogens with zero attached hydrogens (tertiary/aromatic N) is 5. The van der Waals surface area contributed by atoms with E-state index < -0.39 is 11.6 Å². The van der Waals surface area contributed by atoms with Crippen LogP contribution in [0.15, 0.2) is 24.3 Å². The number of hydrogen-bond acceptors (Lipinski definition) is 7. The molecule has 41 heavy (non-hydrogen) atoms. The molecule has 3 heterocycles. The maximum Gasteiger partial charge on any atom is 0.240 e. The summed E-state index contributed by atoms with van der Waals surface area (Å²) in [5.74, 6) is -0.496. The Morgan fingerprint density at radius 3 is 2.34 bits per heavy atom. The van der Waals surface area contributed by atoms with Crippen molar-refractivity contribution in [1.29, 1.82) is 0 Å². The van der Waals surface area contributed by atoms with Crippen molar-refractivity contribution in [2.24, 2.45) is 0 Å². The lowest BCUT2D eigenvalue weighted by molar-refractivity contribution is -0.140. The molecule has 5 rings (SSSR count). The second kappa shape index (κ2) is 12.1. The molecule has 0 radical (unpaired) electrons. The highest BCUT2D eigenvalue weighted by Gasteiger charge is 2.37. The Bertz CT molecular complexity index is 1430. The first-order valence-electron chi connectivity index (χ1n) is 13.8. The molecule has 1 atom stereocenters. The SMILES string of the molecule is COc1cc2nc(N3CCC(N(C(=O)C4CCCN4C)C(C)C)CC3)nc(Nc3c(F)cc(Cl)cc3F)c2cc1Cl. The van der Waals surface area contributed by atoms with Gasteiger partial charge in [-0.3, -0.25) is 9.69 Å². The fourth-order valence-electron chi connectivity index (χ4n) is 5.89. The summed E-state index contributed by atoms with van der Waals surface area (Å²) in [5.41, 5.74) is 0.118. The van der Waals surface area contributed by atoms with E-state index in [1.54, 1.807) is 12.1 Å². The van der Waals surface area contributed by atoms with Crippen molar-refractivity contribution in [3.63, 3.8) is 0 Å². The lowest BCUT2D eigenvalue weighted by Gasteiger charge is -2.42. The zero-order chi connectivity index (χ0) is 29.4. The van der Waals surface area contributed by atoms with Crippen LogP contribution in [0.4, 0.5) is 26.2 Å². The van der Waals surface area contributed by atoms with Crippen molar-refractivity contribution in [1.82, 2.24) is 19.8 Å². The Labute approximate surface area is 248 Å². The minimum atomic E-state index is -0.852. The number of anilines is 3. The number of methoxy groups -OCH3 is 1. The number of carbonyl (C=O) groups is 1. The van der Waals surface area contributed by atoms with Gasteiger partial charge in [-0.05, 0) is 71.3 Å². The molecule has 2 aromatic carbocycles. The first-order chi connectivity index (χ1) is 19.6. The van der Waals surface area contributed by atoms with Gasteiger partial charge in [-0.25, -0.2) is 13.8 Å². The van der Waals surface area contributed by atoms with Gasteiger partial charge in [-0.2, -0.15) is 4.98 Å². The summed E-state index contributed by atoms with van der Waals surface area (Å²) in [6.45, 7) is 6.30. The van der Waals surface area contributed by atoms with Crippen molar-refractivity contribution in [2.45, 2.75) is 57.7 Å². The maximum atomic E-state index is 14.7. The maximum absolute atomic E-state index is 14.7. The molecular weight excluding hydrogens is 573 g/mol.